The summed E-state index contributed by atoms with van der Waals surface area (Å²) in [6, 6.07) is 4.03. The lowest BCUT2D eigenvalue weighted by Crippen LogP contribution is -2.51. The van der Waals surface area contributed by atoms with Gasteiger partial charge in [0.1, 0.15) is 0 Å². The number of hydrogen-bond acceptors (Lipinski definition) is 3. The van der Waals surface area contributed by atoms with Crippen LogP contribution in [0.1, 0.15) is 46.4 Å². The first kappa shape index (κ1) is 16.2. The fourth-order valence-corrected chi connectivity index (χ4v) is 2.58. The van der Waals surface area contributed by atoms with Gasteiger partial charge in [0.2, 0.25) is 5.91 Å². The van der Waals surface area contributed by atoms with Gasteiger partial charge in [0.05, 0.1) is 6.04 Å². The molecule has 0 aliphatic heterocycles. The molecule has 0 spiro atoms. The summed E-state index contributed by atoms with van der Waals surface area (Å²) in [7, 11) is 0. The van der Waals surface area contributed by atoms with Gasteiger partial charge < -0.3 is 10.6 Å². The molecule has 1 unspecified atom stereocenters. The van der Waals surface area contributed by atoms with Gasteiger partial charge in [-0.15, -0.1) is 11.3 Å². The van der Waals surface area contributed by atoms with Crippen LogP contribution in [0.5, 0.6) is 0 Å². The average molecular weight is 282 g/mol. The molecule has 0 aliphatic rings. The molecule has 0 radical (unpaired) electrons. The molecule has 1 aromatic rings. The van der Waals surface area contributed by atoms with Gasteiger partial charge in [-0.05, 0) is 39.1 Å². The van der Waals surface area contributed by atoms with Crippen LogP contribution in [-0.2, 0) is 10.2 Å². The molecule has 0 saturated carbocycles. The highest BCUT2D eigenvalue weighted by atomic mass is 32.1. The first-order chi connectivity index (χ1) is 8.62. The van der Waals surface area contributed by atoms with Gasteiger partial charge in [0, 0.05) is 22.4 Å². The number of amides is 1. The summed E-state index contributed by atoms with van der Waals surface area (Å²) in [5, 5.41) is 8.41. The van der Waals surface area contributed by atoms with Crippen LogP contribution in [0.25, 0.3) is 0 Å². The maximum absolute atomic E-state index is 12.0. The molecule has 0 fully saturated rings. The second-order valence-electron chi connectivity index (χ2n) is 6.70. The lowest BCUT2D eigenvalue weighted by Gasteiger charge is -2.28. The SMILES string of the molecule is CC(NCC(C)(C)c1cccs1)C(=O)NC(C)(C)C. The Morgan fingerprint density at radius 2 is 1.95 bits per heavy atom. The van der Waals surface area contributed by atoms with Crippen LogP contribution in [-0.4, -0.2) is 24.0 Å². The monoisotopic (exact) mass is 282 g/mol. The molecule has 2 N–H and O–H groups in total. The zero-order valence-corrected chi connectivity index (χ0v) is 13.6. The van der Waals surface area contributed by atoms with Crippen molar-refractivity contribution in [1.29, 1.82) is 0 Å². The number of rotatable bonds is 5. The summed E-state index contributed by atoms with van der Waals surface area (Å²) in [5.74, 6) is 0.0504. The third kappa shape index (κ3) is 5.33. The van der Waals surface area contributed by atoms with Crippen molar-refractivity contribution in [3.05, 3.63) is 22.4 Å². The van der Waals surface area contributed by atoms with E-state index in [-0.39, 0.29) is 22.9 Å². The van der Waals surface area contributed by atoms with Crippen molar-refractivity contribution in [1.82, 2.24) is 10.6 Å². The summed E-state index contributed by atoms with van der Waals surface area (Å²) in [6.45, 7) is 13.1. The Morgan fingerprint density at radius 3 is 2.42 bits per heavy atom. The molecule has 0 aliphatic carbocycles. The van der Waals surface area contributed by atoms with Crippen LogP contribution in [0.3, 0.4) is 0 Å². The van der Waals surface area contributed by atoms with Crippen LogP contribution in [0.2, 0.25) is 0 Å². The molecular weight excluding hydrogens is 256 g/mol. The van der Waals surface area contributed by atoms with Crippen molar-refractivity contribution < 1.29 is 4.79 Å². The van der Waals surface area contributed by atoms with Gasteiger partial charge in [0.25, 0.3) is 0 Å². The summed E-state index contributed by atoms with van der Waals surface area (Å²) < 4.78 is 0. The van der Waals surface area contributed by atoms with Gasteiger partial charge >= 0.3 is 0 Å². The van der Waals surface area contributed by atoms with E-state index in [2.05, 4.69) is 42.0 Å². The highest BCUT2D eigenvalue weighted by Gasteiger charge is 2.25. The van der Waals surface area contributed by atoms with Gasteiger partial charge in [-0.1, -0.05) is 19.9 Å². The van der Waals surface area contributed by atoms with Gasteiger partial charge in [0.15, 0.2) is 0 Å². The minimum absolute atomic E-state index is 0.0461. The van der Waals surface area contributed by atoms with E-state index in [4.69, 9.17) is 0 Å². The molecule has 1 amide bonds. The second kappa shape index (κ2) is 6.06. The highest BCUT2D eigenvalue weighted by molar-refractivity contribution is 7.10. The number of carbonyl (C=O) groups excluding carboxylic acids is 1. The van der Waals surface area contributed by atoms with Crippen LogP contribution in [0.15, 0.2) is 17.5 Å². The highest BCUT2D eigenvalue weighted by Crippen LogP contribution is 2.26. The summed E-state index contributed by atoms with van der Waals surface area (Å²) in [5.41, 5.74) is -0.138. The average Bonchev–Trinajstić information content (AvgIpc) is 2.77. The van der Waals surface area contributed by atoms with Crippen molar-refractivity contribution in [2.45, 2.75) is 58.5 Å². The van der Waals surface area contributed by atoms with Crippen molar-refractivity contribution in [2.24, 2.45) is 0 Å². The minimum atomic E-state index is -0.184. The molecule has 0 aromatic carbocycles. The van der Waals surface area contributed by atoms with Gasteiger partial charge in [-0.25, -0.2) is 0 Å². The van der Waals surface area contributed by atoms with Crippen LogP contribution >= 0.6 is 11.3 Å². The Hall–Kier alpha value is -0.870. The normalized spacial score (nSPS) is 14.2. The standard InChI is InChI=1S/C15H26N2OS/c1-11(13(18)17-14(2,3)4)16-10-15(5,6)12-8-7-9-19-12/h7-9,11,16H,10H2,1-6H3,(H,17,18). The fourth-order valence-electron chi connectivity index (χ4n) is 1.73. The molecule has 4 heteroatoms. The van der Waals surface area contributed by atoms with E-state index in [0.717, 1.165) is 6.54 Å². The lowest BCUT2D eigenvalue weighted by molar-refractivity contribution is -0.124. The largest absolute Gasteiger partial charge is 0.350 e. The molecule has 0 saturated heterocycles. The predicted octanol–water partition coefficient (Wildman–Crippen LogP) is 2.92. The van der Waals surface area contributed by atoms with Gasteiger partial charge in [-0.3, -0.25) is 4.79 Å². The molecule has 1 rings (SSSR count). The van der Waals surface area contributed by atoms with E-state index in [0.29, 0.717) is 0 Å². The molecule has 108 valence electrons. The number of thiophene rings is 1. The van der Waals surface area contributed by atoms with Crippen LogP contribution in [0, 0.1) is 0 Å². The fraction of sp³-hybridized carbons (Fsp3) is 0.667. The van der Waals surface area contributed by atoms with Gasteiger partial charge in [-0.2, -0.15) is 0 Å². The molecule has 19 heavy (non-hydrogen) atoms. The summed E-state index contributed by atoms with van der Waals surface area (Å²) in [6.07, 6.45) is 0. The Morgan fingerprint density at radius 1 is 1.32 bits per heavy atom. The minimum Gasteiger partial charge on any atom is -0.350 e. The van der Waals surface area contributed by atoms with Crippen molar-refractivity contribution >= 4 is 17.2 Å². The van der Waals surface area contributed by atoms with E-state index in [9.17, 15) is 4.79 Å². The van der Waals surface area contributed by atoms with E-state index >= 15 is 0 Å². The molecule has 1 aromatic heterocycles. The Bertz CT molecular complexity index is 404. The lowest BCUT2D eigenvalue weighted by atomic mass is 9.91. The number of carbonyl (C=O) groups is 1. The first-order valence-corrected chi connectivity index (χ1v) is 7.59. The predicted molar refractivity (Wildman–Crippen MR) is 82.7 cm³/mol. The third-order valence-corrected chi connectivity index (χ3v) is 4.17. The number of hydrogen-bond donors (Lipinski definition) is 2. The van der Waals surface area contributed by atoms with Crippen molar-refractivity contribution in [3.63, 3.8) is 0 Å². The van der Waals surface area contributed by atoms with E-state index in [1.807, 2.05) is 27.7 Å². The first-order valence-electron chi connectivity index (χ1n) is 6.71. The number of nitrogens with one attached hydrogen (secondary N) is 2. The Balaban J connectivity index is 2.50. The van der Waals surface area contributed by atoms with Crippen LogP contribution < -0.4 is 10.6 Å². The second-order valence-corrected chi connectivity index (χ2v) is 7.65. The maximum atomic E-state index is 12.0. The topological polar surface area (TPSA) is 41.1 Å². The maximum Gasteiger partial charge on any atom is 0.237 e. The Kier molecular flexibility index (Phi) is 5.16. The Labute approximate surface area is 120 Å². The molecule has 0 bridgehead atoms. The third-order valence-electron chi connectivity index (χ3n) is 2.93. The molecule has 1 heterocycles. The van der Waals surface area contributed by atoms with E-state index in [1.54, 1.807) is 11.3 Å². The zero-order valence-electron chi connectivity index (χ0n) is 12.8. The van der Waals surface area contributed by atoms with E-state index < -0.39 is 0 Å². The van der Waals surface area contributed by atoms with Crippen molar-refractivity contribution in [3.8, 4) is 0 Å². The summed E-state index contributed by atoms with van der Waals surface area (Å²) >= 11 is 1.76. The molecule has 3 nitrogen and oxygen atoms in total. The smallest absolute Gasteiger partial charge is 0.237 e. The van der Waals surface area contributed by atoms with Crippen LogP contribution in [0.4, 0.5) is 0 Å². The summed E-state index contributed by atoms with van der Waals surface area (Å²) in [4.78, 5) is 13.3. The molecule has 1 atom stereocenters. The van der Waals surface area contributed by atoms with E-state index in [1.165, 1.54) is 4.88 Å². The zero-order chi connectivity index (χ0) is 14.7. The quantitative estimate of drug-likeness (QED) is 0.872. The van der Waals surface area contributed by atoms with Crippen molar-refractivity contribution in [2.75, 3.05) is 6.54 Å². The molecular formula is C15H26N2OS.